The van der Waals surface area contributed by atoms with Gasteiger partial charge >= 0.3 is 0 Å². The summed E-state index contributed by atoms with van der Waals surface area (Å²) in [5.74, 6) is 1.78. The summed E-state index contributed by atoms with van der Waals surface area (Å²) in [6.45, 7) is 2.82. The van der Waals surface area contributed by atoms with Crippen molar-refractivity contribution in [3.05, 3.63) is 70.6 Å². The van der Waals surface area contributed by atoms with Crippen LogP contribution in [0.5, 0.6) is 11.6 Å². The number of para-hydroxylation sites is 1. The lowest BCUT2D eigenvalue weighted by atomic mass is 10.1. The van der Waals surface area contributed by atoms with Crippen molar-refractivity contribution in [1.82, 2.24) is 19.9 Å². The van der Waals surface area contributed by atoms with E-state index >= 15 is 0 Å². The van der Waals surface area contributed by atoms with E-state index in [0.29, 0.717) is 42.7 Å². The summed E-state index contributed by atoms with van der Waals surface area (Å²) in [7, 11) is 0. The minimum atomic E-state index is -0.153. The second kappa shape index (κ2) is 9.12. The zero-order chi connectivity index (χ0) is 21.9. The Morgan fingerprint density at radius 2 is 1.78 bits per heavy atom. The van der Waals surface area contributed by atoms with Crippen LogP contribution in [0, 0.1) is 0 Å². The highest BCUT2D eigenvalue weighted by atomic mass is 35.5. The Hall–Kier alpha value is -3.19. The van der Waals surface area contributed by atoms with E-state index in [1.165, 1.54) is 6.42 Å². The summed E-state index contributed by atoms with van der Waals surface area (Å²) in [4.78, 5) is 30.8. The Labute approximate surface area is 192 Å². The van der Waals surface area contributed by atoms with Crippen molar-refractivity contribution < 1.29 is 9.53 Å². The predicted octanol–water partition coefficient (Wildman–Crippen LogP) is 4.51. The molecule has 7 nitrogen and oxygen atoms in total. The molecule has 0 saturated carbocycles. The number of anilines is 1. The van der Waals surface area contributed by atoms with E-state index in [1.54, 1.807) is 23.2 Å². The number of nitrogens with zero attached hydrogens (tertiary/aromatic N) is 5. The van der Waals surface area contributed by atoms with Gasteiger partial charge in [-0.3, -0.25) is 4.79 Å². The summed E-state index contributed by atoms with van der Waals surface area (Å²) < 4.78 is 6.21. The molecule has 0 spiro atoms. The van der Waals surface area contributed by atoms with Gasteiger partial charge in [-0.15, -0.1) is 0 Å². The van der Waals surface area contributed by atoms with E-state index in [9.17, 15) is 4.79 Å². The van der Waals surface area contributed by atoms with Gasteiger partial charge in [0.05, 0.1) is 23.4 Å². The lowest BCUT2D eigenvalue weighted by Crippen LogP contribution is -2.38. The van der Waals surface area contributed by atoms with Crippen LogP contribution < -0.4 is 9.64 Å². The second-order valence-electron chi connectivity index (χ2n) is 8.04. The largest absolute Gasteiger partial charge is 0.438 e. The van der Waals surface area contributed by atoms with Crippen molar-refractivity contribution in [1.29, 1.82) is 0 Å². The molecule has 3 aromatic rings. The maximum atomic E-state index is 13.1. The van der Waals surface area contributed by atoms with Gasteiger partial charge in [0.2, 0.25) is 11.8 Å². The number of piperidine rings is 1. The van der Waals surface area contributed by atoms with Gasteiger partial charge in [-0.25, -0.2) is 9.97 Å². The van der Waals surface area contributed by atoms with E-state index in [0.717, 1.165) is 37.2 Å². The second-order valence-corrected chi connectivity index (χ2v) is 8.39. The number of benzene rings is 1. The first kappa shape index (κ1) is 20.7. The minimum absolute atomic E-state index is 0.153. The van der Waals surface area contributed by atoms with Gasteiger partial charge in [-0.2, -0.15) is 4.98 Å². The molecule has 0 bridgehead atoms. The fourth-order valence-electron chi connectivity index (χ4n) is 4.18. The quantitative estimate of drug-likeness (QED) is 0.546. The third-order valence-corrected chi connectivity index (χ3v) is 6.19. The van der Waals surface area contributed by atoms with Crippen molar-refractivity contribution >= 4 is 23.5 Å². The Bertz CT molecular complexity index is 1120. The Morgan fingerprint density at radius 1 is 0.969 bits per heavy atom. The Morgan fingerprint density at radius 3 is 2.56 bits per heavy atom. The highest BCUT2D eigenvalue weighted by Gasteiger charge is 2.29. The van der Waals surface area contributed by atoms with Gasteiger partial charge in [-0.05, 0) is 43.5 Å². The molecule has 5 rings (SSSR count). The molecule has 0 atom stereocenters. The molecule has 2 aromatic heterocycles. The Kier molecular flexibility index (Phi) is 5.90. The molecule has 2 aliphatic rings. The number of amides is 1. The topological polar surface area (TPSA) is 71.5 Å². The third kappa shape index (κ3) is 4.25. The number of ether oxygens (including phenoxy) is 1. The molecule has 1 fully saturated rings. The summed E-state index contributed by atoms with van der Waals surface area (Å²) >= 11 is 6.17. The minimum Gasteiger partial charge on any atom is -0.438 e. The van der Waals surface area contributed by atoms with Crippen LogP contribution in [0.3, 0.4) is 0 Å². The molecule has 32 heavy (non-hydrogen) atoms. The maximum absolute atomic E-state index is 13.1. The molecule has 1 amide bonds. The fraction of sp³-hybridized carbons (Fsp3) is 0.333. The molecular weight excluding hydrogens is 426 g/mol. The van der Waals surface area contributed by atoms with E-state index in [1.807, 2.05) is 30.3 Å². The number of hydrogen-bond donors (Lipinski definition) is 0. The summed E-state index contributed by atoms with van der Waals surface area (Å²) in [6.07, 6.45) is 5.73. The number of fused-ring (bicyclic) bond motifs is 1. The van der Waals surface area contributed by atoms with E-state index in [2.05, 4.69) is 9.88 Å². The molecule has 2 aliphatic heterocycles. The fourth-order valence-corrected chi connectivity index (χ4v) is 4.38. The smallest absolute Gasteiger partial charge is 0.257 e. The van der Waals surface area contributed by atoms with Gasteiger partial charge in [-0.1, -0.05) is 29.8 Å². The van der Waals surface area contributed by atoms with Crippen LogP contribution in [0.2, 0.25) is 5.15 Å². The maximum Gasteiger partial charge on any atom is 0.257 e. The predicted molar refractivity (Wildman–Crippen MR) is 122 cm³/mol. The van der Waals surface area contributed by atoms with Crippen LogP contribution in [0.4, 0.5) is 5.95 Å². The first-order valence-electron chi connectivity index (χ1n) is 11.0. The molecule has 1 saturated heterocycles. The number of aromatic nitrogens is 3. The van der Waals surface area contributed by atoms with Crippen LogP contribution in [0.1, 0.15) is 40.9 Å². The van der Waals surface area contributed by atoms with Gasteiger partial charge in [0, 0.05) is 32.3 Å². The number of rotatable bonds is 4. The first-order valence-corrected chi connectivity index (χ1v) is 11.3. The Balaban J connectivity index is 1.49. The number of carbonyl (C=O) groups excluding carboxylic acids is 1. The van der Waals surface area contributed by atoms with E-state index in [-0.39, 0.29) is 11.1 Å². The van der Waals surface area contributed by atoms with Crippen LogP contribution in [0.25, 0.3) is 0 Å². The van der Waals surface area contributed by atoms with E-state index < -0.39 is 0 Å². The molecule has 1 aromatic carbocycles. The molecule has 0 unspecified atom stereocenters. The van der Waals surface area contributed by atoms with Crippen molar-refractivity contribution in [2.24, 2.45) is 0 Å². The zero-order valence-corrected chi connectivity index (χ0v) is 18.5. The van der Waals surface area contributed by atoms with Gasteiger partial charge in [0.25, 0.3) is 5.91 Å². The van der Waals surface area contributed by atoms with Gasteiger partial charge < -0.3 is 14.5 Å². The van der Waals surface area contributed by atoms with Crippen molar-refractivity contribution in [3.63, 3.8) is 0 Å². The number of carbonyl (C=O) groups is 1. The molecule has 164 valence electrons. The summed E-state index contributed by atoms with van der Waals surface area (Å²) in [5, 5.41) is 0.209. The van der Waals surface area contributed by atoms with E-state index in [4.69, 9.17) is 26.3 Å². The monoisotopic (exact) mass is 449 g/mol. The van der Waals surface area contributed by atoms with Gasteiger partial charge in [0.15, 0.2) is 0 Å². The average molecular weight is 450 g/mol. The molecule has 4 heterocycles. The van der Waals surface area contributed by atoms with Crippen LogP contribution in [-0.4, -0.2) is 45.4 Å². The average Bonchev–Trinajstić information content (AvgIpc) is 2.85. The standard InChI is InChI=1S/C24H24ClN5O2/c25-21-18(10-7-12-26-21)23(31)30-15-11-20-19(16-30)22(32-17-8-3-1-4-9-17)28-24(27-20)29-13-5-2-6-14-29/h1,3-4,7-10,12H,2,5-6,11,13-16H2. The van der Waals surface area contributed by atoms with Crippen molar-refractivity contribution in [2.75, 3.05) is 24.5 Å². The normalized spacial score (nSPS) is 15.9. The molecule has 0 aliphatic carbocycles. The SMILES string of the molecule is O=C(c1cccnc1Cl)N1CCc2nc(N3CCCCC3)nc(Oc3ccccc3)c2C1. The molecule has 0 radical (unpaired) electrons. The molecular formula is C24H24ClN5O2. The number of pyridine rings is 1. The lowest BCUT2D eigenvalue weighted by molar-refractivity contribution is 0.0731. The molecule has 8 heteroatoms. The molecule has 0 N–H and O–H groups in total. The number of halogens is 1. The summed E-state index contributed by atoms with van der Waals surface area (Å²) in [6, 6.07) is 13.0. The van der Waals surface area contributed by atoms with Crippen molar-refractivity contribution in [2.45, 2.75) is 32.2 Å². The van der Waals surface area contributed by atoms with Crippen LogP contribution >= 0.6 is 11.6 Å². The zero-order valence-electron chi connectivity index (χ0n) is 17.7. The van der Waals surface area contributed by atoms with Gasteiger partial charge in [0.1, 0.15) is 10.9 Å². The lowest BCUT2D eigenvalue weighted by Gasteiger charge is -2.32. The summed E-state index contributed by atoms with van der Waals surface area (Å²) in [5.41, 5.74) is 2.18. The third-order valence-electron chi connectivity index (χ3n) is 5.88. The first-order chi connectivity index (χ1) is 15.7. The highest BCUT2D eigenvalue weighted by molar-refractivity contribution is 6.32. The van der Waals surface area contributed by atoms with Crippen molar-refractivity contribution in [3.8, 4) is 11.6 Å². The highest BCUT2D eigenvalue weighted by Crippen LogP contribution is 2.32. The van der Waals surface area contributed by atoms with Crippen LogP contribution in [0.15, 0.2) is 48.7 Å². The van der Waals surface area contributed by atoms with Crippen LogP contribution in [-0.2, 0) is 13.0 Å². The number of hydrogen-bond acceptors (Lipinski definition) is 6.